The number of ether oxygens (including phenoxy) is 2. The van der Waals surface area contributed by atoms with Crippen molar-refractivity contribution in [2.24, 2.45) is 0 Å². The number of benzene rings is 2. The Labute approximate surface area is 215 Å². The normalized spacial score (nSPS) is 14.8. The summed E-state index contributed by atoms with van der Waals surface area (Å²) in [5.41, 5.74) is 1.59. The maximum atomic E-state index is 12.8. The monoisotopic (exact) mass is 569 g/mol. The molecule has 1 fully saturated rings. The summed E-state index contributed by atoms with van der Waals surface area (Å²) >= 11 is 16.3. The van der Waals surface area contributed by atoms with E-state index in [2.05, 4.69) is 15.9 Å². The molecule has 0 atom stereocenters. The van der Waals surface area contributed by atoms with Gasteiger partial charge in [0.25, 0.3) is 5.91 Å². The van der Waals surface area contributed by atoms with Gasteiger partial charge in [0.15, 0.2) is 11.5 Å². The van der Waals surface area contributed by atoms with Crippen molar-refractivity contribution >= 4 is 73.8 Å². The van der Waals surface area contributed by atoms with E-state index in [1.165, 1.54) is 16.7 Å². The zero-order chi connectivity index (χ0) is 24.0. The minimum absolute atomic E-state index is 0.0174. The fraction of sp³-hybridized carbons (Fsp3) is 0.261. The molecule has 0 radical (unpaired) electrons. The molecule has 33 heavy (non-hydrogen) atoms. The number of carbonyl (C=O) groups is 2. The topological polar surface area (TPSA) is 76.1 Å². The van der Waals surface area contributed by atoms with Crippen molar-refractivity contribution in [3.8, 4) is 11.5 Å². The number of thiocarbonyl (C=S) groups is 1. The predicted octanol–water partition coefficient (Wildman–Crippen LogP) is 6.15. The minimum atomic E-state index is -0.902. The molecular formula is C23H21BrClNO5S2. The first-order chi connectivity index (χ1) is 15.8. The van der Waals surface area contributed by atoms with Crippen LogP contribution in [0, 0.1) is 0 Å². The summed E-state index contributed by atoms with van der Waals surface area (Å²) in [6, 6.07) is 11.1. The number of thioether (sulfide) groups is 1. The van der Waals surface area contributed by atoms with E-state index in [0.717, 1.165) is 11.1 Å². The van der Waals surface area contributed by atoms with Crippen molar-refractivity contribution in [1.82, 2.24) is 4.90 Å². The van der Waals surface area contributed by atoms with Crippen molar-refractivity contribution < 1.29 is 24.2 Å². The molecule has 1 aliphatic heterocycles. The molecule has 10 heteroatoms. The molecule has 1 aliphatic rings. The van der Waals surface area contributed by atoms with E-state index in [-0.39, 0.29) is 25.5 Å². The van der Waals surface area contributed by atoms with Gasteiger partial charge < -0.3 is 14.6 Å². The molecule has 1 amide bonds. The molecule has 1 N–H and O–H groups in total. The Morgan fingerprint density at radius 1 is 1.30 bits per heavy atom. The summed E-state index contributed by atoms with van der Waals surface area (Å²) in [5.74, 6) is -0.0677. The number of rotatable bonds is 10. The standard InChI is InChI=1S/C23H21BrClNO5S2/c1-2-30-18-11-14(10-16(24)21(18)31-13-15-6-3-4-7-17(15)25)12-19-22(29)26(23(32)33-19)9-5-8-20(27)28/h3-4,6-7,10-12H,2,5,8-9,13H2,1H3,(H,27,28)/b19-12-. The average Bonchev–Trinajstić information content (AvgIpc) is 3.01. The first kappa shape index (κ1) is 25.6. The summed E-state index contributed by atoms with van der Waals surface area (Å²) in [6.07, 6.45) is 2.06. The van der Waals surface area contributed by atoms with Crippen molar-refractivity contribution in [3.05, 3.63) is 61.9 Å². The van der Waals surface area contributed by atoms with Crippen LogP contribution in [0.15, 0.2) is 45.8 Å². The van der Waals surface area contributed by atoms with Crippen LogP contribution >= 0.6 is 51.5 Å². The van der Waals surface area contributed by atoms with Crippen LogP contribution < -0.4 is 9.47 Å². The quantitative estimate of drug-likeness (QED) is 0.271. The second kappa shape index (κ2) is 11.9. The van der Waals surface area contributed by atoms with E-state index in [4.69, 9.17) is 38.4 Å². The van der Waals surface area contributed by atoms with Gasteiger partial charge in [0.2, 0.25) is 0 Å². The van der Waals surface area contributed by atoms with Crippen molar-refractivity contribution in [2.75, 3.05) is 13.2 Å². The Morgan fingerprint density at radius 2 is 2.06 bits per heavy atom. The van der Waals surface area contributed by atoms with Gasteiger partial charge in [-0.3, -0.25) is 14.5 Å². The highest BCUT2D eigenvalue weighted by Gasteiger charge is 2.31. The Bertz CT molecular complexity index is 1110. The maximum absolute atomic E-state index is 12.8. The molecule has 0 bridgehead atoms. The molecule has 3 rings (SSSR count). The lowest BCUT2D eigenvalue weighted by atomic mass is 10.1. The molecule has 6 nitrogen and oxygen atoms in total. The van der Waals surface area contributed by atoms with Crippen LogP contribution in [0.1, 0.15) is 30.9 Å². The number of amides is 1. The SMILES string of the molecule is CCOc1cc(/C=C2\SC(=S)N(CCCC(=O)O)C2=O)cc(Br)c1OCc1ccccc1Cl. The van der Waals surface area contributed by atoms with Gasteiger partial charge in [-0.2, -0.15) is 0 Å². The van der Waals surface area contributed by atoms with Gasteiger partial charge in [0.1, 0.15) is 10.9 Å². The van der Waals surface area contributed by atoms with Gasteiger partial charge in [-0.25, -0.2) is 0 Å². The summed E-state index contributed by atoms with van der Waals surface area (Å²) < 4.78 is 12.9. The average molecular weight is 571 g/mol. The highest BCUT2D eigenvalue weighted by Crippen LogP contribution is 2.40. The van der Waals surface area contributed by atoms with Gasteiger partial charge in [-0.15, -0.1) is 0 Å². The van der Waals surface area contributed by atoms with E-state index >= 15 is 0 Å². The van der Waals surface area contributed by atoms with E-state index in [1.807, 2.05) is 31.2 Å². The lowest BCUT2D eigenvalue weighted by Crippen LogP contribution is -2.29. The first-order valence-electron chi connectivity index (χ1n) is 10.1. The predicted molar refractivity (Wildman–Crippen MR) is 138 cm³/mol. The third-order valence-corrected chi connectivity index (χ3v) is 6.94. The summed E-state index contributed by atoms with van der Waals surface area (Å²) in [4.78, 5) is 25.4. The van der Waals surface area contributed by atoms with E-state index in [9.17, 15) is 9.59 Å². The van der Waals surface area contributed by atoms with Crippen LogP contribution in [-0.4, -0.2) is 39.4 Å². The van der Waals surface area contributed by atoms with Gasteiger partial charge in [0.05, 0.1) is 16.0 Å². The zero-order valence-electron chi connectivity index (χ0n) is 17.7. The number of nitrogens with zero attached hydrogens (tertiary/aromatic N) is 1. The smallest absolute Gasteiger partial charge is 0.303 e. The van der Waals surface area contributed by atoms with Crippen LogP contribution in [0.3, 0.4) is 0 Å². The van der Waals surface area contributed by atoms with E-state index in [1.54, 1.807) is 18.2 Å². The lowest BCUT2D eigenvalue weighted by molar-refractivity contribution is -0.137. The number of halogens is 2. The maximum Gasteiger partial charge on any atom is 0.303 e. The molecule has 174 valence electrons. The number of carboxylic acids is 1. The Kier molecular flexibility index (Phi) is 9.19. The van der Waals surface area contributed by atoms with Crippen molar-refractivity contribution in [3.63, 3.8) is 0 Å². The third-order valence-electron chi connectivity index (χ3n) is 4.61. The molecule has 0 unspecified atom stereocenters. The summed E-state index contributed by atoms with van der Waals surface area (Å²) in [5, 5.41) is 9.43. The molecule has 0 spiro atoms. The minimum Gasteiger partial charge on any atom is -0.490 e. The second-order valence-corrected chi connectivity index (χ2v) is 9.91. The molecule has 0 saturated carbocycles. The highest BCUT2D eigenvalue weighted by molar-refractivity contribution is 9.10. The fourth-order valence-electron chi connectivity index (χ4n) is 3.07. The number of aliphatic carboxylic acids is 1. The lowest BCUT2D eigenvalue weighted by Gasteiger charge is -2.15. The van der Waals surface area contributed by atoms with Gasteiger partial charge in [-0.05, 0) is 59.1 Å². The summed E-state index contributed by atoms with van der Waals surface area (Å²) in [7, 11) is 0. The van der Waals surface area contributed by atoms with E-state index in [0.29, 0.717) is 43.2 Å². The van der Waals surface area contributed by atoms with Crippen LogP contribution in [0.5, 0.6) is 11.5 Å². The van der Waals surface area contributed by atoms with Crippen LogP contribution in [0.2, 0.25) is 5.02 Å². The molecule has 2 aromatic rings. The highest BCUT2D eigenvalue weighted by atomic mass is 79.9. The number of carbonyl (C=O) groups excluding carboxylic acids is 1. The van der Waals surface area contributed by atoms with Gasteiger partial charge in [-0.1, -0.05) is 53.8 Å². The second-order valence-electron chi connectivity index (χ2n) is 6.97. The third kappa shape index (κ3) is 6.72. The Morgan fingerprint density at radius 3 is 2.76 bits per heavy atom. The molecule has 0 aromatic heterocycles. The molecule has 1 heterocycles. The number of hydrogen-bond donors (Lipinski definition) is 1. The van der Waals surface area contributed by atoms with Crippen molar-refractivity contribution in [2.45, 2.75) is 26.4 Å². The number of carboxylic acid groups (broad SMARTS) is 1. The van der Waals surface area contributed by atoms with E-state index < -0.39 is 5.97 Å². The van der Waals surface area contributed by atoms with Crippen molar-refractivity contribution in [1.29, 1.82) is 0 Å². The Hall–Kier alpha value is -2.07. The molecular weight excluding hydrogens is 550 g/mol. The Balaban J connectivity index is 1.80. The largest absolute Gasteiger partial charge is 0.490 e. The van der Waals surface area contributed by atoms with Crippen LogP contribution in [0.4, 0.5) is 0 Å². The summed E-state index contributed by atoms with van der Waals surface area (Å²) in [6.45, 7) is 2.86. The zero-order valence-corrected chi connectivity index (χ0v) is 21.7. The van der Waals surface area contributed by atoms with Crippen LogP contribution in [0.25, 0.3) is 6.08 Å². The van der Waals surface area contributed by atoms with Gasteiger partial charge >= 0.3 is 5.97 Å². The molecule has 2 aromatic carbocycles. The van der Waals surface area contributed by atoms with Crippen LogP contribution in [-0.2, 0) is 16.2 Å². The molecule has 1 saturated heterocycles. The fourth-order valence-corrected chi connectivity index (χ4v) is 5.15. The first-order valence-corrected chi connectivity index (χ1v) is 12.5. The van der Waals surface area contributed by atoms with Gasteiger partial charge in [0, 0.05) is 23.6 Å². The number of hydrogen-bond acceptors (Lipinski definition) is 6. The molecule has 0 aliphatic carbocycles.